The number of ether oxygens (including phenoxy) is 1. The lowest BCUT2D eigenvalue weighted by atomic mass is 9.97. The second kappa shape index (κ2) is 7.33. The zero-order chi connectivity index (χ0) is 15.3. The molecule has 1 aromatic rings. The highest BCUT2D eigenvalue weighted by molar-refractivity contribution is 5.76. The predicted octanol–water partition coefficient (Wildman–Crippen LogP) is 3.20. The molecule has 3 atom stereocenters. The van der Waals surface area contributed by atoms with E-state index < -0.39 is 17.7 Å². The fourth-order valence-electron chi connectivity index (χ4n) is 2.02. The molecule has 0 aliphatic carbocycles. The van der Waals surface area contributed by atoms with E-state index in [0.717, 1.165) is 12.5 Å². The van der Waals surface area contributed by atoms with E-state index in [9.17, 15) is 13.6 Å². The van der Waals surface area contributed by atoms with E-state index in [0.29, 0.717) is 5.56 Å². The lowest BCUT2D eigenvalue weighted by Gasteiger charge is -2.26. The summed E-state index contributed by atoms with van der Waals surface area (Å²) in [4.78, 5) is 11.8. The first kappa shape index (κ1) is 16.6. The molecule has 0 bridgehead atoms. The van der Waals surface area contributed by atoms with Crippen LogP contribution >= 0.6 is 0 Å². The standard InChI is InChI=1S/C15H21F2NO2/c1-5-9(2)14(15(19)20-4)18-10(3)11-6-12(16)8-13(17)7-11/h6-10,14,18H,5H2,1-4H3. The number of methoxy groups -OCH3 is 1. The monoisotopic (exact) mass is 285 g/mol. The van der Waals surface area contributed by atoms with E-state index in [1.165, 1.54) is 19.2 Å². The van der Waals surface area contributed by atoms with E-state index in [1.54, 1.807) is 6.92 Å². The second-order valence-electron chi connectivity index (χ2n) is 4.98. The van der Waals surface area contributed by atoms with Crippen molar-refractivity contribution in [3.63, 3.8) is 0 Å². The fourth-order valence-corrected chi connectivity index (χ4v) is 2.02. The molecule has 1 rings (SSSR count). The Morgan fingerprint density at radius 1 is 1.25 bits per heavy atom. The van der Waals surface area contributed by atoms with Crippen LogP contribution < -0.4 is 5.32 Å². The topological polar surface area (TPSA) is 38.3 Å². The second-order valence-corrected chi connectivity index (χ2v) is 4.98. The third-order valence-electron chi connectivity index (χ3n) is 3.48. The Morgan fingerprint density at radius 3 is 2.25 bits per heavy atom. The van der Waals surface area contributed by atoms with Crippen molar-refractivity contribution in [3.8, 4) is 0 Å². The van der Waals surface area contributed by atoms with Gasteiger partial charge in [-0.25, -0.2) is 8.78 Å². The molecule has 1 aromatic carbocycles. The maximum Gasteiger partial charge on any atom is 0.323 e. The van der Waals surface area contributed by atoms with Gasteiger partial charge in [0.15, 0.2) is 0 Å². The number of nitrogens with one attached hydrogen (secondary N) is 1. The van der Waals surface area contributed by atoms with Crippen LogP contribution in [0.2, 0.25) is 0 Å². The average Bonchev–Trinajstić information content (AvgIpc) is 2.41. The minimum atomic E-state index is -0.633. The first-order valence-electron chi connectivity index (χ1n) is 6.68. The van der Waals surface area contributed by atoms with Gasteiger partial charge in [-0.05, 0) is 30.5 Å². The summed E-state index contributed by atoms with van der Waals surface area (Å²) in [6.07, 6.45) is 0.789. The summed E-state index contributed by atoms with van der Waals surface area (Å²) >= 11 is 0. The minimum Gasteiger partial charge on any atom is -0.468 e. The van der Waals surface area contributed by atoms with Crippen LogP contribution in [0.25, 0.3) is 0 Å². The lowest BCUT2D eigenvalue weighted by Crippen LogP contribution is -2.43. The molecule has 0 fully saturated rings. The molecule has 0 amide bonds. The van der Waals surface area contributed by atoms with Gasteiger partial charge in [0.25, 0.3) is 0 Å². The first-order valence-corrected chi connectivity index (χ1v) is 6.68. The molecule has 1 N–H and O–H groups in total. The average molecular weight is 285 g/mol. The van der Waals surface area contributed by atoms with Crippen molar-refractivity contribution in [2.75, 3.05) is 7.11 Å². The Balaban J connectivity index is 2.89. The van der Waals surface area contributed by atoms with Crippen LogP contribution in [-0.2, 0) is 9.53 Å². The van der Waals surface area contributed by atoms with Gasteiger partial charge in [0.1, 0.15) is 17.7 Å². The third kappa shape index (κ3) is 4.27. The summed E-state index contributed by atoms with van der Waals surface area (Å²) in [5, 5.41) is 3.08. The van der Waals surface area contributed by atoms with Crippen molar-refractivity contribution in [2.45, 2.75) is 39.3 Å². The van der Waals surface area contributed by atoms with Crippen molar-refractivity contribution < 1.29 is 18.3 Å². The van der Waals surface area contributed by atoms with Gasteiger partial charge in [-0.2, -0.15) is 0 Å². The number of carbonyl (C=O) groups excluding carboxylic acids is 1. The minimum absolute atomic E-state index is 0.0586. The highest BCUT2D eigenvalue weighted by atomic mass is 19.1. The summed E-state index contributed by atoms with van der Waals surface area (Å²) in [6.45, 7) is 5.65. The van der Waals surface area contributed by atoms with Crippen molar-refractivity contribution in [2.24, 2.45) is 5.92 Å². The number of hydrogen-bond acceptors (Lipinski definition) is 3. The number of benzene rings is 1. The Morgan fingerprint density at radius 2 is 1.80 bits per heavy atom. The summed E-state index contributed by atoms with van der Waals surface area (Å²) in [6, 6.07) is 2.46. The van der Waals surface area contributed by atoms with Gasteiger partial charge in [0.05, 0.1) is 7.11 Å². The summed E-state index contributed by atoms with van der Waals surface area (Å²) < 4.78 is 31.2. The summed E-state index contributed by atoms with van der Waals surface area (Å²) in [7, 11) is 1.33. The van der Waals surface area contributed by atoms with Crippen LogP contribution in [0.4, 0.5) is 8.78 Å². The third-order valence-corrected chi connectivity index (χ3v) is 3.48. The molecule has 20 heavy (non-hydrogen) atoms. The number of rotatable bonds is 6. The molecule has 0 aromatic heterocycles. The van der Waals surface area contributed by atoms with Gasteiger partial charge in [0.2, 0.25) is 0 Å². The van der Waals surface area contributed by atoms with Gasteiger partial charge in [-0.3, -0.25) is 10.1 Å². The Bertz CT molecular complexity index is 445. The van der Waals surface area contributed by atoms with Crippen LogP contribution in [0.15, 0.2) is 18.2 Å². The lowest BCUT2D eigenvalue weighted by molar-refractivity contribution is -0.144. The number of halogens is 2. The highest BCUT2D eigenvalue weighted by Gasteiger charge is 2.26. The molecule has 5 heteroatoms. The van der Waals surface area contributed by atoms with Gasteiger partial charge in [0, 0.05) is 12.1 Å². The molecule has 0 aliphatic heterocycles. The SMILES string of the molecule is CCC(C)C(NC(C)c1cc(F)cc(F)c1)C(=O)OC. The predicted molar refractivity (Wildman–Crippen MR) is 73.2 cm³/mol. The van der Waals surface area contributed by atoms with E-state index >= 15 is 0 Å². The number of carbonyl (C=O) groups is 1. The maximum atomic E-state index is 13.2. The molecule has 0 saturated heterocycles. The van der Waals surface area contributed by atoms with Gasteiger partial charge in [-0.15, -0.1) is 0 Å². The first-order chi connectivity index (χ1) is 9.38. The van der Waals surface area contributed by atoms with E-state index in [4.69, 9.17) is 4.74 Å². The van der Waals surface area contributed by atoms with Crippen LogP contribution in [-0.4, -0.2) is 19.1 Å². The van der Waals surface area contributed by atoms with Crippen molar-refractivity contribution >= 4 is 5.97 Å². The molecule has 3 nitrogen and oxygen atoms in total. The molecule has 0 aliphatic rings. The molecule has 0 spiro atoms. The van der Waals surface area contributed by atoms with Crippen LogP contribution in [0.5, 0.6) is 0 Å². The summed E-state index contributed by atoms with van der Waals surface area (Å²) in [5.41, 5.74) is 0.458. The van der Waals surface area contributed by atoms with Crippen molar-refractivity contribution in [1.29, 1.82) is 0 Å². The maximum absolute atomic E-state index is 13.2. The molecule has 112 valence electrons. The van der Waals surface area contributed by atoms with Crippen LogP contribution in [0.3, 0.4) is 0 Å². The largest absolute Gasteiger partial charge is 0.468 e. The van der Waals surface area contributed by atoms with Gasteiger partial charge < -0.3 is 4.74 Å². The zero-order valence-corrected chi connectivity index (χ0v) is 12.2. The molecule has 3 unspecified atom stereocenters. The molecule has 0 heterocycles. The van der Waals surface area contributed by atoms with Gasteiger partial charge in [-0.1, -0.05) is 20.3 Å². The van der Waals surface area contributed by atoms with Gasteiger partial charge >= 0.3 is 5.97 Å². The Kier molecular flexibility index (Phi) is 6.07. The van der Waals surface area contributed by atoms with E-state index in [1.807, 2.05) is 13.8 Å². The highest BCUT2D eigenvalue weighted by Crippen LogP contribution is 2.19. The van der Waals surface area contributed by atoms with Crippen molar-refractivity contribution in [3.05, 3.63) is 35.4 Å². The van der Waals surface area contributed by atoms with Crippen LogP contribution in [0.1, 0.15) is 38.8 Å². The molecule has 0 saturated carbocycles. The molecular weight excluding hydrogens is 264 g/mol. The van der Waals surface area contributed by atoms with E-state index in [-0.39, 0.29) is 17.9 Å². The number of esters is 1. The smallest absolute Gasteiger partial charge is 0.323 e. The number of hydrogen-bond donors (Lipinski definition) is 1. The molecule has 0 radical (unpaired) electrons. The Labute approximate surface area is 118 Å². The summed E-state index contributed by atoms with van der Waals surface area (Å²) in [5.74, 6) is -1.58. The quantitative estimate of drug-likeness (QED) is 0.816. The van der Waals surface area contributed by atoms with Crippen LogP contribution in [0, 0.1) is 17.6 Å². The Hall–Kier alpha value is -1.49. The normalized spacial score (nSPS) is 15.5. The van der Waals surface area contributed by atoms with E-state index in [2.05, 4.69) is 5.32 Å². The fraction of sp³-hybridized carbons (Fsp3) is 0.533. The molecular formula is C15H21F2NO2. The van der Waals surface area contributed by atoms with Crippen molar-refractivity contribution in [1.82, 2.24) is 5.32 Å². The zero-order valence-electron chi connectivity index (χ0n) is 12.2.